The van der Waals surface area contributed by atoms with Crippen LogP contribution in [0.15, 0.2) is 54.6 Å². The molecule has 0 radical (unpaired) electrons. The zero-order chi connectivity index (χ0) is 13.2. The monoisotopic (exact) mass is 271 g/mol. The number of hydrogen-bond donors (Lipinski definition) is 1. The molecule has 1 N–H and O–H groups in total. The van der Waals surface area contributed by atoms with E-state index in [0.717, 1.165) is 11.3 Å². The van der Waals surface area contributed by atoms with E-state index in [9.17, 15) is 9.90 Å². The second kappa shape index (κ2) is 4.97. The van der Waals surface area contributed by atoms with E-state index < -0.39 is 0 Å². The van der Waals surface area contributed by atoms with Crippen LogP contribution >= 0.6 is 11.8 Å². The Kier molecular flexibility index (Phi) is 3.17. The number of benzene rings is 2. The van der Waals surface area contributed by atoms with E-state index in [-0.39, 0.29) is 17.0 Å². The summed E-state index contributed by atoms with van der Waals surface area (Å²) in [6, 6.07) is 16.7. The first kappa shape index (κ1) is 12.1. The van der Waals surface area contributed by atoms with Crippen molar-refractivity contribution in [2.24, 2.45) is 0 Å². The van der Waals surface area contributed by atoms with E-state index in [1.54, 1.807) is 40.9 Å². The summed E-state index contributed by atoms with van der Waals surface area (Å²) < 4.78 is 0. The molecule has 0 aromatic heterocycles. The van der Waals surface area contributed by atoms with E-state index in [1.165, 1.54) is 0 Å². The minimum Gasteiger partial charge on any atom is -0.508 e. The molecule has 1 heterocycles. The van der Waals surface area contributed by atoms with Crippen molar-refractivity contribution in [1.29, 1.82) is 0 Å². The summed E-state index contributed by atoms with van der Waals surface area (Å²) in [5.41, 5.74) is 1.94. The molecule has 1 saturated heterocycles. The number of thioether (sulfide) groups is 1. The Morgan fingerprint density at radius 3 is 2.42 bits per heavy atom. The summed E-state index contributed by atoms with van der Waals surface area (Å²) >= 11 is 1.62. The summed E-state index contributed by atoms with van der Waals surface area (Å²) in [6.45, 7) is 0. The highest BCUT2D eigenvalue weighted by Gasteiger charge is 2.33. The van der Waals surface area contributed by atoms with Crippen LogP contribution in [0.3, 0.4) is 0 Å². The van der Waals surface area contributed by atoms with Crippen LogP contribution in [0, 0.1) is 0 Å². The van der Waals surface area contributed by atoms with Gasteiger partial charge >= 0.3 is 0 Å². The minimum atomic E-state index is 0.0123. The number of aromatic hydroxyl groups is 1. The molecule has 3 nitrogen and oxygen atoms in total. The molecule has 0 spiro atoms. The van der Waals surface area contributed by atoms with Crippen LogP contribution in [0.25, 0.3) is 0 Å². The fraction of sp³-hybridized carbons (Fsp3) is 0.133. The highest BCUT2D eigenvalue weighted by molar-refractivity contribution is 8.00. The van der Waals surface area contributed by atoms with Crippen molar-refractivity contribution in [3.05, 3.63) is 60.2 Å². The summed E-state index contributed by atoms with van der Waals surface area (Å²) in [5, 5.41) is 9.35. The normalized spacial score (nSPS) is 18.8. The lowest BCUT2D eigenvalue weighted by Gasteiger charge is -2.24. The average Bonchev–Trinajstić information content (AvgIpc) is 2.83. The predicted octanol–water partition coefficient (Wildman–Crippen LogP) is 3.17. The summed E-state index contributed by atoms with van der Waals surface area (Å²) in [7, 11) is 0. The molecule has 0 saturated carbocycles. The zero-order valence-corrected chi connectivity index (χ0v) is 11.0. The second-order valence-electron chi connectivity index (χ2n) is 4.35. The van der Waals surface area contributed by atoms with Gasteiger partial charge in [-0.15, -0.1) is 11.8 Å². The molecular formula is C15H13NO2S. The molecule has 1 aliphatic heterocycles. The van der Waals surface area contributed by atoms with Gasteiger partial charge in [0, 0.05) is 5.69 Å². The van der Waals surface area contributed by atoms with Gasteiger partial charge in [-0.1, -0.05) is 30.3 Å². The molecule has 1 fully saturated rings. The van der Waals surface area contributed by atoms with E-state index in [0.29, 0.717) is 5.75 Å². The fourth-order valence-electron chi connectivity index (χ4n) is 2.18. The highest BCUT2D eigenvalue weighted by atomic mass is 32.2. The number of rotatable bonds is 2. The largest absolute Gasteiger partial charge is 0.508 e. The first-order valence-electron chi connectivity index (χ1n) is 6.03. The van der Waals surface area contributed by atoms with E-state index in [1.807, 2.05) is 30.3 Å². The Morgan fingerprint density at radius 2 is 1.74 bits per heavy atom. The van der Waals surface area contributed by atoms with E-state index >= 15 is 0 Å². The minimum absolute atomic E-state index is 0.0123. The third-order valence-electron chi connectivity index (χ3n) is 3.08. The van der Waals surface area contributed by atoms with Crippen molar-refractivity contribution >= 4 is 23.4 Å². The van der Waals surface area contributed by atoms with Crippen molar-refractivity contribution in [3.8, 4) is 5.75 Å². The molecule has 19 heavy (non-hydrogen) atoms. The summed E-state index contributed by atoms with van der Waals surface area (Å²) in [5.74, 6) is 0.796. The lowest BCUT2D eigenvalue weighted by molar-refractivity contribution is -0.115. The number of hydrogen-bond acceptors (Lipinski definition) is 3. The molecule has 96 valence electrons. The van der Waals surface area contributed by atoms with Gasteiger partial charge in [0.1, 0.15) is 11.1 Å². The van der Waals surface area contributed by atoms with Crippen molar-refractivity contribution in [2.75, 3.05) is 10.7 Å². The molecule has 4 heteroatoms. The molecular weight excluding hydrogens is 258 g/mol. The third kappa shape index (κ3) is 2.31. The Balaban J connectivity index is 1.97. The van der Waals surface area contributed by atoms with Gasteiger partial charge in [0.25, 0.3) is 0 Å². The van der Waals surface area contributed by atoms with Crippen molar-refractivity contribution < 1.29 is 9.90 Å². The number of carbonyl (C=O) groups excluding carboxylic acids is 1. The fourth-order valence-corrected chi connectivity index (χ4v) is 3.36. The lowest BCUT2D eigenvalue weighted by Crippen LogP contribution is -2.27. The number of phenolic OH excluding ortho intramolecular Hbond substituents is 1. The maximum atomic E-state index is 12.1. The number of carbonyl (C=O) groups is 1. The molecule has 0 aliphatic carbocycles. The smallest absolute Gasteiger partial charge is 0.238 e. The summed E-state index contributed by atoms with van der Waals surface area (Å²) in [4.78, 5) is 13.9. The third-order valence-corrected chi connectivity index (χ3v) is 4.29. The Morgan fingerprint density at radius 1 is 1.05 bits per heavy atom. The highest BCUT2D eigenvalue weighted by Crippen LogP contribution is 2.41. The van der Waals surface area contributed by atoms with Gasteiger partial charge in [-0.2, -0.15) is 0 Å². The first-order chi connectivity index (χ1) is 9.25. The Bertz CT molecular complexity index is 583. The topological polar surface area (TPSA) is 40.5 Å². The van der Waals surface area contributed by atoms with Crippen LogP contribution in [0.5, 0.6) is 5.75 Å². The van der Waals surface area contributed by atoms with E-state index in [2.05, 4.69) is 0 Å². The molecule has 3 rings (SSSR count). The predicted molar refractivity (Wildman–Crippen MR) is 77.2 cm³/mol. The van der Waals surface area contributed by atoms with Gasteiger partial charge in [0.15, 0.2) is 0 Å². The quantitative estimate of drug-likeness (QED) is 0.912. The maximum absolute atomic E-state index is 12.1. The number of nitrogens with zero attached hydrogens (tertiary/aromatic N) is 1. The maximum Gasteiger partial charge on any atom is 0.238 e. The molecule has 1 amide bonds. The van der Waals surface area contributed by atoms with Crippen LogP contribution < -0.4 is 4.90 Å². The summed E-state index contributed by atoms with van der Waals surface area (Å²) in [6.07, 6.45) is 0. The number of anilines is 1. The lowest BCUT2D eigenvalue weighted by atomic mass is 10.2. The first-order valence-corrected chi connectivity index (χ1v) is 7.08. The van der Waals surface area contributed by atoms with Crippen LogP contribution in [0.4, 0.5) is 5.69 Å². The van der Waals surface area contributed by atoms with Crippen LogP contribution in [0.1, 0.15) is 10.9 Å². The standard InChI is InChI=1S/C15H13NO2S/c17-13-8-6-12(7-9-13)16-14(18)10-19-15(16)11-4-2-1-3-5-11/h1-9,15,17H,10H2. The van der Waals surface area contributed by atoms with Gasteiger partial charge in [-0.25, -0.2) is 0 Å². The van der Waals surface area contributed by atoms with Gasteiger partial charge in [-0.05, 0) is 29.8 Å². The van der Waals surface area contributed by atoms with Gasteiger partial charge in [0.2, 0.25) is 5.91 Å². The zero-order valence-electron chi connectivity index (χ0n) is 10.2. The van der Waals surface area contributed by atoms with Crippen molar-refractivity contribution in [2.45, 2.75) is 5.37 Å². The van der Waals surface area contributed by atoms with Gasteiger partial charge in [0.05, 0.1) is 5.75 Å². The SMILES string of the molecule is O=C1CSC(c2ccccc2)N1c1ccc(O)cc1. The average molecular weight is 271 g/mol. The second-order valence-corrected chi connectivity index (χ2v) is 5.42. The van der Waals surface area contributed by atoms with Crippen molar-refractivity contribution in [1.82, 2.24) is 0 Å². The van der Waals surface area contributed by atoms with Crippen LogP contribution in [0.2, 0.25) is 0 Å². The Labute approximate surface area is 115 Å². The van der Waals surface area contributed by atoms with Gasteiger partial charge in [-0.3, -0.25) is 9.69 Å². The van der Waals surface area contributed by atoms with Crippen LogP contribution in [-0.4, -0.2) is 16.8 Å². The number of amides is 1. The Hall–Kier alpha value is -1.94. The molecule has 2 aromatic carbocycles. The molecule has 1 aliphatic rings. The van der Waals surface area contributed by atoms with Crippen LogP contribution in [-0.2, 0) is 4.79 Å². The molecule has 1 atom stereocenters. The molecule has 2 aromatic rings. The molecule has 0 bridgehead atoms. The molecule has 1 unspecified atom stereocenters. The number of phenols is 1. The van der Waals surface area contributed by atoms with Crippen molar-refractivity contribution in [3.63, 3.8) is 0 Å². The van der Waals surface area contributed by atoms with Gasteiger partial charge < -0.3 is 5.11 Å². The van der Waals surface area contributed by atoms with E-state index in [4.69, 9.17) is 0 Å².